The molecule has 2 aromatic rings. The molecule has 4 nitrogen and oxygen atoms in total. The van der Waals surface area contributed by atoms with E-state index in [1.807, 2.05) is 22.4 Å². The molecule has 2 aliphatic rings. The van der Waals surface area contributed by atoms with E-state index >= 15 is 0 Å². The fraction of sp³-hybridized carbons (Fsp3) is 0.474. The Morgan fingerprint density at radius 3 is 2.60 bits per heavy atom. The molecule has 6 heteroatoms. The molecule has 0 radical (unpaired) electrons. The number of hydrogen-bond acceptors (Lipinski definition) is 4. The maximum Gasteiger partial charge on any atom is 0.263 e. The van der Waals surface area contributed by atoms with Gasteiger partial charge in [-0.15, -0.1) is 22.7 Å². The molecular weight excluding hydrogens is 352 g/mol. The van der Waals surface area contributed by atoms with Crippen LogP contribution in [0.2, 0.25) is 0 Å². The van der Waals surface area contributed by atoms with Crippen LogP contribution in [0.1, 0.15) is 45.9 Å². The molecule has 0 saturated carbocycles. The van der Waals surface area contributed by atoms with Crippen LogP contribution in [0.3, 0.4) is 0 Å². The van der Waals surface area contributed by atoms with Gasteiger partial charge in [0.25, 0.3) is 5.91 Å². The fourth-order valence-electron chi connectivity index (χ4n) is 3.93. The van der Waals surface area contributed by atoms with Crippen molar-refractivity contribution in [2.24, 2.45) is 5.92 Å². The molecule has 2 amide bonds. The van der Waals surface area contributed by atoms with E-state index in [2.05, 4.69) is 23.3 Å². The van der Waals surface area contributed by atoms with Gasteiger partial charge < -0.3 is 9.80 Å². The highest BCUT2D eigenvalue weighted by molar-refractivity contribution is 7.12. The summed E-state index contributed by atoms with van der Waals surface area (Å²) in [5, 5.41) is 4.06. The van der Waals surface area contributed by atoms with Crippen molar-refractivity contribution in [1.82, 2.24) is 9.80 Å². The number of carbonyl (C=O) groups is 2. The van der Waals surface area contributed by atoms with Gasteiger partial charge in [0.1, 0.15) is 0 Å². The van der Waals surface area contributed by atoms with Gasteiger partial charge in [0.15, 0.2) is 0 Å². The van der Waals surface area contributed by atoms with Gasteiger partial charge in [0.05, 0.1) is 10.9 Å². The highest BCUT2D eigenvalue weighted by Crippen LogP contribution is 2.35. The van der Waals surface area contributed by atoms with E-state index in [0.717, 1.165) is 30.7 Å². The Morgan fingerprint density at radius 1 is 1.08 bits per heavy atom. The molecule has 132 valence electrons. The molecule has 0 aliphatic carbocycles. The second-order valence-corrected chi connectivity index (χ2v) is 8.75. The van der Waals surface area contributed by atoms with Gasteiger partial charge in [-0.1, -0.05) is 6.07 Å². The molecule has 0 N–H and O–H groups in total. The molecule has 1 unspecified atom stereocenters. The molecule has 4 heterocycles. The molecular formula is C19H22N2O2S2. The van der Waals surface area contributed by atoms with Crippen molar-refractivity contribution in [2.75, 3.05) is 19.6 Å². The standard InChI is InChI=1S/C19H22N2O2S2/c1-13-15-7-12-25-16(15)6-10-21(13)18(22)14-4-8-20(9-5-14)19(23)17-3-2-11-24-17/h2-3,7,11-14H,4-6,8-10H2,1H3. The number of fused-ring (bicyclic) bond motifs is 1. The normalized spacial score (nSPS) is 21.2. The third-order valence-electron chi connectivity index (χ3n) is 5.42. The number of piperidine rings is 1. The molecule has 1 fully saturated rings. The summed E-state index contributed by atoms with van der Waals surface area (Å²) in [7, 11) is 0. The smallest absolute Gasteiger partial charge is 0.263 e. The number of nitrogens with zero attached hydrogens (tertiary/aromatic N) is 2. The first-order valence-corrected chi connectivity index (χ1v) is 10.6. The lowest BCUT2D eigenvalue weighted by atomic mass is 9.92. The molecule has 2 aliphatic heterocycles. The summed E-state index contributed by atoms with van der Waals surface area (Å²) in [6.45, 7) is 4.32. The topological polar surface area (TPSA) is 40.6 Å². The van der Waals surface area contributed by atoms with Crippen LogP contribution in [0.4, 0.5) is 0 Å². The minimum Gasteiger partial charge on any atom is -0.338 e. The first-order valence-electron chi connectivity index (χ1n) is 8.84. The fourth-order valence-corrected chi connectivity index (χ4v) is 5.58. The lowest BCUT2D eigenvalue weighted by Gasteiger charge is -2.38. The SMILES string of the molecule is CC1c2ccsc2CCN1C(=O)C1CCN(C(=O)c2cccs2)CC1. The minimum atomic E-state index is 0.0509. The zero-order valence-electron chi connectivity index (χ0n) is 14.3. The highest BCUT2D eigenvalue weighted by Gasteiger charge is 2.35. The summed E-state index contributed by atoms with van der Waals surface area (Å²) in [4.78, 5) is 31.6. The van der Waals surface area contributed by atoms with Gasteiger partial charge in [-0.3, -0.25) is 9.59 Å². The van der Waals surface area contributed by atoms with Crippen molar-refractivity contribution in [3.8, 4) is 0 Å². The number of amides is 2. The summed E-state index contributed by atoms with van der Waals surface area (Å²) in [6.07, 6.45) is 2.52. The first kappa shape index (κ1) is 16.8. The molecule has 2 aromatic heterocycles. The van der Waals surface area contributed by atoms with Crippen LogP contribution in [0.5, 0.6) is 0 Å². The molecule has 1 saturated heterocycles. The lowest BCUT2D eigenvalue weighted by molar-refractivity contribution is -0.139. The van der Waals surface area contributed by atoms with Gasteiger partial charge in [0.2, 0.25) is 5.91 Å². The van der Waals surface area contributed by atoms with Crippen molar-refractivity contribution in [2.45, 2.75) is 32.2 Å². The Labute approximate surface area is 156 Å². The highest BCUT2D eigenvalue weighted by atomic mass is 32.1. The number of hydrogen-bond donors (Lipinski definition) is 0. The molecule has 1 atom stereocenters. The quantitative estimate of drug-likeness (QED) is 0.802. The summed E-state index contributed by atoms with van der Waals surface area (Å²) < 4.78 is 0. The second kappa shape index (κ2) is 6.92. The van der Waals surface area contributed by atoms with Crippen molar-refractivity contribution >= 4 is 34.5 Å². The van der Waals surface area contributed by atoms with E-state index in [1.54, 1.807) is 11.3 Å². The van der Waals surface area contributed by atoms with Crippen LogP contribution in [0.15, 0.2) is 29.0 Å². The third-order valence-corrected chi connectivity index (χ3v) is 7.28. The molecule has 0 spiro atoms. The summed E-state index contributed by atoms with van der Waals surface area (Å²) in [5.41, 5.74) is 1.31. The summed E-state index contributed by atoms with van der Waals surface area (Å²) in [5.74, 6) is 0.428. The van der Waals surface area contributed by atoms with Crippen LogP contribution in [-0.4, -0.2) is 41.2 Å². The van der Waals surface area contributed by atoms with Gasteiger partial charge in [-0.05, 0) is 54.6 Å². The molecule has 4 rings (SSSR count). The average Bonchev–Trinajstić information content (AvgIpc) is 3.33. The lowest BCUT2D eigenvalue weighted by Crippen LogP contribution is -2.46. The Morgan fingerprint density at radius 2 is 1.88 bits per heavy atom. The molecule has 0 aromatic carbocycles. The maximum absolute atomic E-state index is 13.0. The van der Waals surface area contributed by atoms with Crippen LogP contribution in [0, 0.1) is 5.92 Å². The number of likely N-dealkylation sites (tertiary alicyclic amines) is 1. The van der Waals surface area contributed by atoms with Crippen LogP contribution in [-0.2, 0) is 11.2 Å². The second-order valence-electron chi connectivity index (χ2n) is 6.80. The predicted molar refractivity (Wildman–Crippen MR) is 101 cm³/mol. The largest absolute Gasteiger partial charge is 0.338 e. The van der Waals surface area contributed by atoms with Gasteiger partial charge >= 0.3 is 0 Å². The minimum absolute atomic E-state index is 0.0509. The van der Waals surface area contributed by atoms with E-state index in [9.17, 15) is 9.59 Å². The van der Waals surface area contributed by atoms with E-state index < -0.39 is 0 Å². The van der Waals surface area contributed by atoms with E-state index in [4.69, 9.17) is 0 Å². The first-order chi connectivity index (χ1) is 12.1. The molecule has 25 heavy (non-hydrogen) atoms. The van der Waals surface area contributed by atoms with Gasteiger partial charge in [-0.25, -0.2) is 0 Å². The molecule has 0 bridgehead atoms. The zero-order valence-corrected chi connectivity index (χ0v) is 15.9. The maximum atomic E-state index is 13.0. The van der Waals surface area contributed by atoms with Crippen LogP contribution >= 0.6 is 22.7 Å². The Kier molecular flexibility index (Phi) is 4.65. The van der Waals surface area contributed by atoms with Crippen LogP contribution in [0.25, 0.3) is 0 Å². The average molecular weight is 375 g/mol. The van der Waals surface area contributed by atoms with Gasteiger partial charge in [-0.2, -0.15) is 0 Å². The monoisotopic (exact) mass is 374 g/mol. The van der Waals surface area contributed by atoms with E-state index in [0.29, 0.717) is 13.1 Å². The van der Waals surface area contributed by atoms with E-state index in [1.165, 1.54) is 21.8 Å². The zero-order chi connectivity index (χ0) is 17.4. The van der Waals surface area contributed by atoms with Crippen molar-refractivity contribution < 1.29 is 9.59 Å². The van der Waals surface area contributed by atoms with Crippen LogP contribution < -0.4 is 0 Å². The van der Waals surface area contributed by atoms with Crippen molar-refractivity contribution in [1.29, 1.82) is 0 Å². The summed E-state index contributed by atoms with van der Waals surface area (Å²) in [6, 6.07) is 6.11. The third kappa shape index (κ3) is 3.13. The number of rotatable bonds is 2. The van der Waals surface area contributed by atoms with Crippen molar-refractivity contribution in [3.05, 3.63) is 44.3 Å². The Hall–Kier alpha value is -1.66. The number of thiophene rings is 2. The predicted octanol–water partition coefficient (Wildman–Crippen LogP) is 3.81. The Balaban J connectivity index is 1.38. The summed E-state index contributed by atoms with van der Waals surface area (Å²) >= 11 is 3.28. The van der Waals surface area contributed by atoms with Crippen molar-refractivity contribution in [3.63, 3.8) is 0 Å². The van der Waals surface area contributed by atoms with E-state index in [-0.39, 0.29) is 23.8 Å². The Bertz CT molecular complexity index is 760. The van der Waals surface area contributed by atoms with Gasteiger partial charge in [0, 0.05) is 30.4 Å². The number of carbonyl (C=O) groups excluding carboxylic acids is 2.